The fourth-order valence-corrected chi connectivity index (χ4v) is 2.27. The van der Waals surface area contributed by atoms with E-state index in [1.165, 1.54) is 25.7 Å². The van der Waals surface area contributed by atoms with Crippen molar-refractivity contribution in [1.82, 2.24) is 0 Å². The van der Waals surface area contributed by atoms with Crippen LogP contribution in [-0.2, 0) is 9.47 Å². The minimum Gasteiger partial charge on any atom is -0.347 e. The second-order valence-electron chi connectivity index (χ2n) is 5.12. The summed E-state index contributed by atoms with van der Waals surface area (Å²) in [6.07, 6.45) is 9.69. The Balaban J connectivity index is 2.32. The molecule has 1 heterocycles. The SMILES string of the molecule is C=CC1C[C@@H](CCCCCC)OC(C)(C)O1. The molecule has 0 saturated carbocycles. The van der Waals surface area contributed by atoms with Crippen LogP contribution in [0.15, 0.2) is 12.7 Å². The van der Waals surface area contributed by atoms with Crippen LogP contribution in [0.1, 0.15) is 59.3 Å². The smallest absolute Gasteiger partial charge is 0.163 e. The Morgan fingerprint density at radius 2 is 2.00 bits per heavy atom. The van der Waals surface area contributed by atoms with E-state index in [4.69, 9.17) is 9.47 Å². The van der Waals surface area contributed by atoms with Crippen molar-refractivity contribution in [3.05, 3.63) is 12.7 Å². The Hall–Kier alpha value is -0.340. The second kappa shape index (κ2) is 6.41. The fraction of sp³-hybridized carbons (Fsp3) is 0.857. The number of rotatable bonds is 6. The number of hydrogen-bond donors (Lipinski definition) is 0. The topological polar surface area (TPSA) is 18.5 Å². The van der Waals surface area contributed by atoms with E-state index in [-0.39, 0.29) is 6.10 Å². The van der Waals surface area contributed by atoms with Crippen LogP contribution in [0.3, 0.4) is 0 Å². The maximum absolute atomic E-state index is 5.92. The van der Waals surface area contributed by atoms with E-state index < -0.39 is 5.79 Å². The first-order valence-corrected chi connectivity index (χ1v) is 6.55. The zero-order chi connectivity index (χ0) is 12.0. The zero-order valence-corrected chi connectivity index (χ0v) is 11.0. The third-order valence-corrected chi connectivity index (χ3v) is 3.02. The van der Waals surface area contributed by atoms with Crippen molar-refractivity contribution in [2.24, 2.45) is 0 Å². The van der Waals surface area contributed by atoms with E-state index in [1.807, 2.05) is 19.9 Å². The highest BCUT2D eigenvalue weighted by Gasteiger charge is 2.33. The van der Waals surface area contributed by atoms with E-state index in [0.717, 1.165) is 12.8 Å². The van der Waals surface area contributed by atoms with E-state index in [0.29, 0.717) is 6.10 Å². The van der Waals surface area contributed by atoms with Crippen LogP contribution in [0.25, 0.3) is 0 Å². The van der Waals surface area contributed by atoms with Gasteiger partial charge < -0.3 is 9.47 Å². The molecule has 1 aliphatic rings. The Kier molecular flexibility index (Phi) is 5.50. The highest BCUT2D eigenvalue weighted by Crippen LogP contribution is 2.29. The molecule has 0 aromatic carbocycles. The van der Waals surface area contributed by atoms with Gasteiger partial charge in [0.05, 0.1) is 12.2 Å². The first kappa shape index (κ1) is 13.7. The summed E-state index contributed by atoms with van der Waals surface area (Å²) in [6, 6.07) is 0. The number of ether oxygens (including phenoxy) is 2. The number of hydrogen-bond acceptors (Lipinski definition) is 2. The molecule has 2 nitrogen and oxygen atoms in total. The van der Waals surface area contributed by atoms with Crippen molar-refractivity contribution in [3.8, 4) is 0 Å². The van der Waals surface area contributed by atoms with Crippen LogP contribution in [0.2, 0.25) is 0 Å². The molecule has 0 amide bonds. The van der Waals surface area contributed by atoms with Crippen molar-refractivity contribution in [1.29, 1.82) is 0 Å². The summed E-state index contributed by atoms with van der Waals surface area (Å²) in [4.78, 5) is 0. The summed E-state index contributed by atoms with van der Waals surface area (Å²) in [7, 11) is 0. The van der Waals surface area contributed by atoms with Crippen molar-refractivity contribution in [2.45, 2.75) is 77.3 Å². The lowest BCUT2D eigenvalue weighted by atomic mass is 10.0. The molecule has 94 valence electrons. The molecule has 16 heavy (non-hydrogen) atoms. The molecule has 0 aromatic rings. The molecule has 1 rings (SSSR count). The molecule has 0 N–H and O–H groups in total. The van der Waals surface area contributed by atoms with E-state index in [1.54, 1.807) is 0 Å². The molecular weight excluding hydrogens is 200 g/mol. The summed E-state index contributed by atoms with van der Waals surface area (Å²) in [5.41, 5.74) is 0. The third kappa shape index (κ3) is 4.67. The van der Waals surface area contributed by atoms with Crippen molar-refractivity contribution in [3.63, 3.8) is 0 Å². The predicted molar refractivity (Wildman–Crippen MR) is 67.4 cm³/mol. The van der Waals surface area contributed by atoms with Crippen LogP contribution in [0.5, 0.6) is 0 Å². The average Bonchev–Trinajstić information content (AvgIpc) is 2.22. The molecular formula is C14H26O2. The Morgan fingerprint density at radius 3 is 2.62 bits per heavy atom. The summed E-state index contributed by atoms with van der Waals surface area (Å²) in [6.45, 7) is 10.0. The lowest BCUT2D eigenvalue weighted by molar-refractivity contribution is -0.291. The maximum Gasteiger partial charge on any atom is 0.163 e. The van der Waals surface area contributed by atoms with Gasteiger partial charge in [0.15, 0.2) is 5.79 Å². The molecule has 0 radical (unpaired) electrons. The predicted octanol–water partition coefficient (Wildman–Crippen LogP) is 4.05. The summed E-state index contributed by atoms with van der Waals surface area (Å²) < 4.78 is 11.7. The van der Waals surface area contributed by atoms with Crippen LogP contribution in [0, 0.1) is 0 Å². The van der Waals surface area contributed by atoms with Gasteiger partial charge in [-0.3, -0.25) is 0 Å². The normalized spacial score (nSPS) is 28.9. The summed E-state index contributed by atoms with van der Waals surface area (Å²) in [5, 5.41) is 0. The third-order valence-electron chi connectivity index (χ3n) is 3.02. The molecule has 0 aliphatic carbocycles. The van der Waals surface area contributed by atoms with Crippen LogP contribution in [0.4, 0.5) is 0 Å². The Bertz CT molecular complexity index is 211. The average molecular weight is 226 g/mol. The largest absolute Gasteiger partial charge is 0.347 e. The highest BCUT2D eigenvalue weighted by molar-refractivity contribution is 4.87. The van der Waals surface area contributed by atoms with Crippen LogP contribution < -0.4 is 0 Å². The quantitative estimate of drug-likeness (QED) is 0.502. The van der Waals surface area contributed by atoms with Gasteiger partial charge in [0.2, 0.25) is 0 Å². The van der Waals surface area contributed by atoms with Gasteiger partial charge in [0.1, 0.15) is 0 Å². The zero-order valence-electron chi connectivity index (χ0n) is 11.0. The maximum atomic E-state index is 5.92. The minimum atomic E-state index is -0.452. The Labute approximate surface area is 100 Å². The first-order chi connectivity index (χ1) is 7.57. The molecule has 2 heteroatoms. The molecule has 2 atom stereocenters. The van der Waals surface area contributed by atoms with E-state index >= 15 is 0 Å². The fourth-order valence-electron chi connectivity index (χ4n) is 2.27. The molecule has 0 aromatic heterocycles. The first-order valence-electron chi connectivity index (χ1n) is 6.55. The molecule has 1 aliphatic heterocycles. The van der Waals surface area contributed by atoms with Gasteiger partial charge in [0.25, 0.3) is 0 Å². The highest BCUT2D eigenvalue weighted by atomic mass is 16.7. The molecule has 1 unspecified atom stereocenters. The van der Waals surface area contributed by atoms with Crippen molar-refractivity contribution < 1.29 is 9.47 Å². The van der Waals surface area contributed by atoms with Gasteiger partial charge in [0, 0.05) is 6.42 Å². The van der Waals surface area contributed by atoms with Crippen molar-refractivity contribution in [2.75, 3.05) is 0 Å². The number of unbranched alkanes of at least 4 members (excludes halogenated alkanes) is 3. The summed E-state index contributed by atoms with van der Waals surface area (Å²) in [5.74, 6) is -0.452. The van der Waals surface area contributed by atoms with Crippen LogP contribution >= 0.6 is 0 Å². The van der Waals surface area contributed by atoms with E-state index in [9.17, 15) is 0 Å². The van der Waals surface area contributed by atoms with Gasteiger partial charge in [-0.1, -0.05) is 38.7 Å². The monoisotopic (exact) mass is 226 g/mol. The lowest BCUT2D eigenvalue weighted by Gasteiger charge is -2.40. The van der Waals surface area contributed by atoms with Gasteiger partial charge in [-0.05, 0) is 20.3 Å². The minimum absolute atomic E-state index is 0.153. The molecule has 0 bridgehead atoms. The summed E-state index contributed by atoms with van der Waals surface area (Å²) >= 11 is 0. The lowest BCUT2D eigenvalue weighted by Crippen LogP contribution is -2.43. The van der Waals surface area contributed by atoms with Crippen LogP contribution in [-0.4, -0.2) is 18.0 Å². The second-order valence-corrected chi connectivity index (χ2v) is 5.12. The van der Waals surface area contributed by atoms with Gasteiger partial charge in [-0.15, -0.1) is 6.58 Å². The van der Waals surface area contributed by atoms with Gasteiger partial charge in [-0.2, -0.15) is 0 Å². The Morgan fingerprint density at radius 1 is 1.25 bits per heavy atom. The molecule has 0 spiro atoms. The molecule has 1 saturated heterocycles. The van der Waals surface area contributed by atoms with Gasteiger partial charge in [-0.25, -0.2) is 0 Å². The van der Waals surface area contributed by atoms with Crippen molar-refractivity contribution >= 4 is 0 Å². The van der Waals surface area contributed by atoms with E-state index in [2.05, 4.69) is 13.5 Å². The molecule has 1 fully saturated rings. The van der Waals surface area contributed by atoms with Gasteiger partial charge >= 0.3 is 0 Å². The standard InChI is InChI=1S/C14H26O2/c1-5-7-8-9-10-13-11-12(6-2)15-14(3,4)16-13/h6,12-13H,2,5,7-11H2,1,3-4H3/t12?,13-/m1/s1.